The van der Waals surface area contributed by atoms with Crippen molar-refractivity contribution in [3.8, 4) is 0 Å². The van der Waals surface area contributed by atoms with Gasteiger partial charge >= 0.3 is 6.18 Å². The Kier molecular flexibility index (Phi) is 3.64. The number of hydrogen-bond donors (Lipinski definition) is 1. The van der Waals surface area contributed by atoms with Crippen molar-refractivity contribution >= 4 is 15.5 Å². The predicted molar refractivity (Wildman–Crippen MR) is 68.9 cm³/mol. The average Bonchev–Trinajstić information content (AvgIpc) is 2.26. The summed E-state index contributed by atoms with van der Waals surface area (Å²) in [5, 5.41) is 9.64. The minimum atomic E-state index is -4.98. The van der Waals surface area contributed by atoms with Crippen LogP contribution in [0.2, 0.25) is 0 Å². The quantitative estimate of drug-likeness (QED) is 0.912. The third-order valence-electron chi connectivity index (χ3n) is 2.78. The van der Waals surface area contributed by atoms with E-state index in [0.717, 1.165) is 5.56 Å². The van der Waals surface area contributed by atoms with E-state index in [1.807, 2.05) is 0 Å². The first-order chi connectivity index (χ1) is 9.14. The number of nitrogens with zero attached hydrogens (tertiary/aromatic N) is 2. The van der Waals surface area contributed by atoms with Crippen LogP contribution in [0.1, 0.15) is 12.0 Å². The van der Waals surface area contributed by atoms with Crippen molar-refractivity contribution in [3.63, 3.8) is 0 Å². The maximum absolute atomic E-state index is 12.9. The lowest BCUT2D eigenvalue weighted by molar-refractivity contribution is -0.256. The molecule has 0 radical (unpaired) electrons. The molecule has 1 aromatic rings. The van der Waals surface area contributed by atoms with E-state index in [0.29, 0.717) is 0 Å². The maximum atomic E-state index is 12.9. The number of carbonyl (C=O) groups excluding carboxylic acids is 1. The second-order valence-electron chi connectivity index (χ2n) is 4.69. The molecule has 110 valence electrons. The van der Waals surface area contributed by atoms with Gasteiger partial charge in [-0.1, -0.05) is 30.3 Å². The van der Waals surface area contributed by atoms with Gasteiger partial charge < -0.3 is 5.11 Å². The van der Waals surface area contributed by atoms with Gasteiger partial charge in [-0.25, -0.2) is 4.36 Å². The Morgan fingerprint density at radius 1 is 1.35 bits per heavy atom. The van der Waals surface area contributed by atoms with E-state index in [-0.39, 0.29) is 5.75 Å². The van der Waals surface area contributed by atoms with Gasteiger partial charge in [-0.15, -0.1) is 0 Å². The molecule has 2 atom stereocenters. The molecule has 0 spiro atoms. The second-order valence-corrected chi connectivity index (χ2v) is 7.33. The summed E-state index contributed by atoms with van der Waals surface area (Å²) in [4.78, 5) is 11.5. The fourth-order valence-electron chi connectivity index (χ4n) is 1.95. The van der Waals surface area contributed by atoms with Gasteiger partial charge in [-0.2, -0.15) is 17.5 Å². The van der Waals surface area contributed by atoms with Crippen LogP contribution in [0.3, 0.4) is 0 Å². The molecular weight excluding hydrogens is 293 g/mol. The van der Waals surface area contributed by atoms with Crippen LogP contribution in [0.5, 0.6) is 0 Å². The summed E-state index contributed by atoms with van der Waals surface area (Å²) >= 11 is 0. The summed E-state index contributed by atoms with van der Waals surface area (Å²) < 4.78 is 45.8. The number of rotatable bonds is 2. The minimum absolute atomic E-state index is 0.0952. The second kappa shape index (κ2) is 4.85. The van der Waals surface area contributed by atoms with E-state index in [4.69, 9.17) is 0 Å². The third kappa shape index (κ3) is 3.01. The maximum Gasteiger partial charge on any atom is 0.439 e. The Hall–Kier alpha value is -1.41. The summed E-state index contributed by atoms with van der Waals surface area (Å²) in [6.45, 7) is 0. The number of hydrogen-bond acceptors (Lipinski definition) is 3. The zero-order valence-corrected chi connectivity index (χ0v) is 11.4. The molecule has 1 aliphatic rings. The van der Waals surface area contributed by atoms with Crippen LogP contribution in [0.4, 0.5) is 13.2 Å². The lowest BCUT2D eigenvalue weighted by atomic mass is 10.1. The molecule has 1 aliphatic heterocycles. The summed E-state index contributed by atoms with van der Waals surface area (Å²) in [5.74, 6) is -0.869. The fraction of sp³-hybridized carbons (Fsp3) is 0.417. The first-order valence-electron chi connectivity index (χ1n) is 5.73. The molecule has 4 nitrogen and oxygen atoms in total. The molecule has 1 N–H and O–H groups in total. The first-order valence-corrected chi connectivity index (χ1v) is 7.85. The van der Waals surface area contributed by atoms with E-state index in [2.05, 4.69) is 8.73 Å². The number of halogens is 3. The molecule has 20 heavy (non-hydrogen) atoms. The van der Waals surface area contributed by atoms with Gasteiger partial charge in [0.1, 0.15) is 0 Å². The molecule has 0 aliphatic carbocycles. The topological polar surface area (TPSA) is 62.0 Å². The molecule has 1 heterocycles. The van der Waals surface area contributed by atoms with Gasteiger partial charge in [-0.05, 0) is 15.2 Å². The van der Waals surface area contributed by atoms with Crippen LogP contribution in [0.15, 0.2) is 39.1 Å². The summed E-state index contributed by atoms with van der Waals surface area (Å²) in [6.07, 6.45) is -4.74. The van der Waals surface area contributed by atoms with Crippen LogP contribution >= 0.6 is 0 Å². The Morgan fingerprint density at radius 3 is 2.50 bits per heavy atom. The molecule has 0 saturated heterocycles. The van der Waals surface area contributed by atoms with Crippen LogP contribution in [0.25, 0.3) is 0 Å². The molecule has 0 bridgehead atoms. The normalized spacial score (nSPS) is 30.6. The van der Waals surface area contributed by atoms with Crippen LogP contribution in [-0.2, 0) is 20.2 Å². The van der Waals surface area contributed by atoms with E-state index in [1.165, 1.54) is 6.26 Å². The van der Waals surface area contributed by atoms with Gasteiger partial charge in [0.15, 0.2) is 0 Å². The highest BCUT2D eigenvalue weighted by Crippen LogP contribution is 2.38. The lowest BCUT2D eigenvalue weighted by Crippen LogP contribution is -2.47. The zero-order valence-electron chi connectivity index (χ0n) is 10.6. The van der Waals surface area contributed by atoms with Crippen molar-refractivity contribution in [3.05, 3.63) is 35.9 Å². The van der Waals surface area contributed by atoms with Gasteiger partial charge in [0.05, 0.1) is 6.42 Å². The highest BCUT2D eigenvalue weighted by atomic mass is 32.2. The van der Waals surface area contributed by atoms with Gasteiger partial charge in [0.2, 0.25) is 0 Å². The van der Waals surface area contributed by atoms with Crippen molar-refractivity contribution < 1.29 is 23.1 Å². The Balaban J connectivity index is 2.48. The van der Waals surface area contributed by atoms with Crippen LogP contribution in [-0.4, -0.2) is 29.2 Å². The first kappa shape index (κ1) is 15.0. The number of aliphatic hydroxyl groups is 1. The molecule has 0 fully saturated rings. The van der Waals surface area contributed by atoms with Crippen LogP contribution in [0, 0.1) is 0 Å². The van der Waals surface area contributed by atoms with E-state index in [9.17, 15) is 23.1 Å². The van der Waals surface area contributed by atoms with Crippen molar-refractivity contribution in [1.82, 2.24) is 0 Å². The molecule has 2 unspecified atom stereocenters. The summed E-state index contributed by atoms with van der Waals surface area (Å²) in [6, 6.07) is 8.68. The van der Waals surface area contributed by atoms with E-state index < -0.39 is 33.9 Å². The number of amides is 1. The van der Waals surface area contributed by atoms with E-state index >= 15 is 0 Å². The molecule has 1 aromatic carbocycles. The van der Waals surface area contributed by atoms with Crippen molar-refractivity contribution in [2.24, 2.45) is 8.73 Å². The smallest absolute Gasteiger partial charge is 0.361 e. The predicted octanol–water partition coefficient (Wildman–Crippen LogP) is 2.52. The standard InChI is InChI=1S/C12H13F3N2O2S/c1-20(8-9-5-3-2-4-6-9)16-10(18)7-11(19,17-20)12(13,14)15/h2-6,19H,7-8H2,1H3. The largest absolute Gasteiger partial charge is 0.439 e. The van der Waals surface area contributed by atoms with Gasteiger partial charge in [0.25, 0.3) is 11.6 Å². The molecule has 2 rings (SSSR count). The van der Waals surface area contributed by atoms with Crippen molar-refractivity contribution in [1.29, 1.82) is 0 Å². The molecule has 1 amide bonds. The zero-order chi connectivity index (χ0) is 15.0. The molecule has 0 saturated carbocycles. The summed E-state index contributed by atoms with van der Waals surface area (Å²) in [5.41, 5.74) is -2.61. The van der Waals surface area contributed by atoms with Gasteiger partial charge in [-0.3, -0.25) is 4.79 Å². The highest BCUT2D eigenvalue weighted by Gasteiger charge is 2.57. The molecule has 8 heteroatoms. The van der Waals surface area contributed by atoms with Crippen molar-refractivity contribution in [2.75, 3.05) is 6.26 Å². The minimum Gasteiger partial charge on any atom is -0.361 e. The molecule has 0 aromatic heterocycles. The lowest BCUT2D eigenvalue weighted by Gasteiger charge is -2.30. The average molecular weight is 306 g/mol. The Bertz CT molecular complexity index is 648. The monoisotopic (exact) mass is 306 g/mol. The number of carbonyl (C=O) groups is 1. The SMILES string of the molecule is CS1(Cc2ccccc2)=NC(=O)CC(O)(C(F)(F)F)N=1. The number of alkyl halides is 3. The Labute approximate surface area is 114 Å². The van der Waals surface area contributed by atoms with E-state index in [1.54, 1.807) is 30.3 Å². The summed E-state index contributed by atoms with van der Waals surface area (Å²) in [7, 11) is -2.60. The third-order valence-corrected chi connectivity index (χ3v) is 4.95. The molecular formula is C12H13F3N2O2S. The Morgan fingerprint density at radius 2 is 1.95 bits per heavy atom. The van der Waals surface area contributed by atoms with Crippen molar-refractivity contribution in [2.45, 2.75) is 24.1 Å². The number of benzene rings is 1. The fourth-order valence-corrected chi connectivity index (χ4v) is 4.26. The highest BCUT2D eigenvalue weighted by molar-refractivity contribution is 7.94. The van der Waals surface area contributed by atoms with Gasteiger partial charge in [0, 0.05) is 12.0 Å². The van der Waals surface area contributed by atoms with Crippen LogP contribution < -0.4 is 0 Å².